The molecular weight excluding hydrogens is 290 g/mol. The van der Waals surface area contributed by atoms with Crippen molar-refractivity contribution in [2.24, 2.45) is 5.73 Å². The first-order valence-corrected chi connectivity index (χ1v) is 7.06. The fourth-order valence-corrected chi connectivity index (χ4v) is 1.31. The quantitative estimate of drug-likeness (QED) is 0.525. The van der Waals surface area contributed by atoms with Gasteiger partial charge in [-0.1, -0.05) is 0 Å². The van der Waals surface area contributed by atoms with Gasteiger partial charge in [-0.3, -0.25) is 15.0 Å². The van der Waals surface area contributed by atoms with Gasteiger partial charge in [-0.2, -0.15) is 0 Å². The van der Waals surface area contributed by atoms with E-state index in [1.54, 1.807) is 41.5 Å². The molecule has 0 fully saturated rings. The first-order chi connectivity index (χ1) is 9.80. The van der Waals surface area contributed by atoms with E-state index in [0.717, 1.165) is 0 Å². The topological polar surface area (TPSA) is 120 Å². The van der Waals surface area contributed by atoms with Crippen LogP contribution in [0.4, 0.5) is 4.79 Å². The van der Waals surface area contributed by atoms with Crippen LogP contribution < -0.4 is 16.6 Å². The molecule has 0 bridgehead atoms. The Morgan fingerprint density at radius 2 is 1.45 bits per heavy atom. The van der Waals surface area contributed by atoms with Crippen LogP contribution in [-0.4, -0.2) is 35.2 Å². The van der Waals surface area contributed by atoms with Gasteiger partial charge in [0.25, 0.3) is 5.91 Å². The molecule has 0 heterocycles. The molecule has 0 unspecified atom stereocenters. The molecule has 0 rings (SSSR count). The Kier molecular flexibility index (Phi) is 7.31. The van der Waals surface area contributed by atoms with E-state index in [0.29, 0.717) is 0 Å². The molecule has 8 nitrogen and oxygen atoms in total. The number of hydrogen-bond donors (Lipinski definition) is 3. The molecule has 0 aromatic heterocycles. The van der Waals surface area contributed by atoms with E-state index in [4.69, 9.17) is 15.2 Å². The minimum Gasteiger partial charge on any atom is -0.460 e. The van der Waals surface area contributed by atoms with Crippen molar-refractivity contribution in [3.05, 3.63) is 0 Å². The third kappa shape index (κ3) is 10.9. The zero-order chi connectivity index (χ0) is 17.6. The van der Waals surface area contributed by atoms with Crippen LogP contribution >= 0.6 is 0 Å². The number of nitrogens with two attached hydrogens (primary N) is 1. The Bertz CT molecular complexity index is 410. The second-order valence-electron chi connectivity index (χ2n) is 6.85. The van der Waals surface area contributed by atoms with Crippen LogP contribution in [0, 0.1) is 0 Å². The van der Waals surface area contributed by atoms with E-state index < -0.39 is 35.2 Å². The van der Waals surface area contributed by atoms with E-state index in [9.17, 15) is 14.4 Å². The van der Waals surface area contributed by atoms with Gasteiger partial charge >= 0.3 is 12.1 Å². The molecule has 0 spiro atoms. The SMILES string of the molecule is CC(C)(C)OC(=O)CC[C@H](N)C(=O)NNC(=O)OC(C)(C)C. The van der Waals surface area contributed by atoms with Gasteiger partial charge in [0.2, 0.25) is 0 Å². The smallest absolute Gasteiger partial charge is 0.426 e. The summed E-state index contributed by atoms with van der Waals surface area (Å²) in [4.78, 5) is 34.5. The highest BCUT2D eigenvalue weighted by molar-refractivity contribution is 5.84. The lowest BCUT2D eigenvalue weighted by Crippen LogP contribution is -2.50. The highest BCUT2D eigenvalue weighted by Gasteiger charge is 2.21. The first-order valence-electron chi connectivity index (χ1n) is 7.06. The molecule has 22 heavy (non-hydrogen) atoms. The molecular formula is C14H27N3O5. The van der Waals surface area contributed by atoms with Gasteiger partial charge < -0.3 is 15.2 Å². The van der Waals surface area contributed by atoms with E-state index in [-0.39, 0.29) is 12.8 Å². The molecule has 2 amide bonds. The molecule has 1 atom stereocenters. The number of ether oxygens (including phenoxy) is 2. The molecule has 0 aromatic rings. The summed E-state index contributed by atoms with van der Waals surface area (Å²) in [6.45, 7) is 10.3. The molecule has 0 saturated heterocycles. The highest BCUT2D eigenvalue weighted by Crippen LogP contribution is 2.09. The molecule has 128 valence electrons. The second-order valence-corrected chi connectivity index (χ2v) is 6.85. The first kappa shape index (κ1) is 20.2. The summed E-state index contributed by atoms with van der Waals surface area (Å²) >= 11 is 0. The Balaban J connectivity index is 4.08. The summed E-state index contributed by atoms with van der Waals surface area (Å²) in [6.07, 6.45) is -0.671. The van der Waals surface area contributed by atoms with E-state index in [1.165, 1.54) is 0 Å². The summed E-state index contributed by atoms with van der Waals surface area (Å²) < 4.78 is 10.0. The van der Waals surface area contributed by atoms with Gasteiger partial charge in [0.05, 0.1) is 6.04 Å². The molecule has 0 radical (unpaired) electrons. The van der Waals surface area contributed by atoms with Crippen molar-refractivity contribution < 1.29 is 23.9 Å². The van der Waals surface area contributed by atoms with E-state index in [2.05, 4.69) is 10.9 Å². The standard InChI is InChI=1S/C14H27N3O5/c1-13(2,3)21-10(18)8-7-9(15)11(19)16-17-12(20)22-14(4,5)6/h9H,7-8,15H2,1-6H3,(H,16,19)(H,17,20)/t9-/m0/s1. The lowest BCUT2D eigenvalue weighted by Gasteiger charge is -2.21. The third-order valence-corrected chi connectivity index (χ3v) is 2.10. The van der Waals surface area contributed by atoms with Crippen LogP contribution in [0.25, 0.3) is 0 Å². The maximum Gasteiger partial charge on any atom is 0.426 e. The van der Waals surface area contributed by atoms with Gasteiger partial charge in [-0.25, -0.2) is 10.2 Å². The molecule has 4 N–H and O–H groups in total. The fourth-order valence-electron chi connectivity index (χ4n) is 1.31. The summed E-state index contributed by atoms with van der Waals surface area (Å²) in [5.41, 5.74) is 8.60. The van der Waals surface area contributed by atoms with E-state index >= 15 is 0 Å². The normalized spacial score (nSPS) is 13.0. The van der Waals surface area contributed by atoms with Crippen LogP contribution in [0.15, 0.2) is 0 Å². The van der Waals surface area contributed by atoms with Gasteiger partial charge in [-0.15, -0.1) is 0 Å². The van der Waals surface area contributed by atoms with Crippen molar-refractivity contribution in [2.75, 3.05) is 0 Å². The van der Waals surface area contributed by atoms with Crippen molar-refractivity contribution in [1.29, 1.82) is 0 Å². The third-order valence-electron chi connectivity index (χ3n) is 2.10. The number of nitrogens with one attached hydrogen (secondary N) is 2. The molecule has 0 aliphatic rings. The number of carbonyl (C=O) groups excluding carboxylic acids is 3. The van der Waals surface area contributed by atoms with Crippen molar-refractivity contribution in [3.8, 4) is 0 Å². The predicted octanol–water partition coefficient (Wildman–Crippen LogP) is 0.991. The fraction of sp³-hybridized carbons (Fsp3) is 0.786. The Morgan fingerprint density at radius 3 is 1.91 bits per heavy atom. The van der Waals surface area contributed by atoms with Gasteiger partial charge in [0.1, 0.15) is 11.2 Å². The maximum atomic E-state index is 11.7. The molecule has 0 aliphatic carbocycles. The van der Waals surface area contributed by atoms with Crippen LogP contribution in [0.3, 0.4) is 0 Å². The van der Waals surface area contributed by atoms with Crippen LogP contribution in [0.5, 0.6) is 0 Å². The average molecular weight is 317 g/mol. The molecule has 0 aromatic carbocycles. The molecule has 8 heteroatoms. The Hall–Kier alpha value is -1.83. The largest absolute Gasteiger partial charge is 0.460 e. The van der Waals surface area contributed by atoms with Crippen molar-refractivity contribution in [1.82, 2.24) is 10.9 Å². The number of carbonyl (C=O) groups is 3. The van der Waals surface area contributed by atoms with Gasteiger partial charge in [0, 0.05) is 6.42 Å². The zero-order valence-corrected chi connectivity index (χ0v) is 14.1. The monoisotopic (exact) mass is 317 g/mol. The van der Waals surface area contributed by atoms with Crippen molar-refractivity contribution in [2.45, 2.75) is 71.6 Å². The number of rotatable bonds is 4. The number of esters is 1. The minimum absolute atomic E-state index is 0.0122. The number of hydrazine groups is 1. The average Bonchev–Trinajstić information content (AvgIpc) is 2.28. The summed E-state index contributed by atoms with van der Waals surface area (Å²) in [7, 11) is 0. The lowest BCUT2D eigenvalue weighted by molar-refractivity contribution is -0.155. The van der Waals surface area contributed by atoms with Crippen LogP contribution in [0.1, 0.15) is 54.4 Å². The minimum atomic E-state index is -0.942. The van der Waals surface area contributed by atoms with E-state index in [1.807, 2.05) is 0 Å². The second kappa shape index (κ2) is 7.98. The Morgan fingerprint density at radius 1 is 0.955 bits per heavy atom. The molecule has 0 aliphatic heterocycles. The zero-order valence-electron chi connectivity index (χ0n) is 14.1. The highest BCUT2D eigenvalue weighted by atomic mass is 16.6. The Labute approximate surface area is 131 Å². The van der Waals surface area contributed by atoms with Crippen LogP contribution in [-0.2, 0) is 19.1 Å². The summed E-state index contributed by atoms with van der Waals surface area (Å²) in [5.74, 6) is -1.05. The van der Waals surface area contributed by atoms with Gasteiger partial charge in [0.15, 0.2) is 0 Å². The summed E-state index contributed by atoms with van der Waals surface area (Å²) in [6, 6.07) is -0.942. The van der Waals surface area contributed by atoms with Crippen molar-refractivity contribution >= 4 is 18.0 Å². The summed E-state index contributed by atoms with van der Waals surface area (Å²) in [5, 5.41) is 0. The number of amides is 2. The lowest BCUT2D eigenvalue weighted by atomic mass is 10.1. The van der Waals surface area contributed by atoms with Crippen molar-refractivity contribution in [3.63, 3.8) is 0 Å². The van der Waals surface area contributed by atoms with Gasteiger partial charge in [-0.05, 0) is 48.0 Å². The predicted molar refractivity (Wildman–Crippen MR) is 80.6 cm³/mol. The maximum absolute atomic E-state index is 11.7. The van der Waals surface area contributed by atoms with Crippen LogP contribution in [0.2, 0.25) is 0 Å². The molecule has 0 saturated carbocycles. The number of hydrogen-bond acceptors (Lipinski definition) is 6.